The van der Waals surface area contributed by atoms with E-state index in [2.05, 4.69) is 10.3 Å². The number of benzene rings is 3. The van der Waals surface area contributed by atoms with Crippen molar-refractivity contribution in [1.29, 1.82) is 0 Å². The van der Waals surface area contributed by atoms with Crippen molar-refractivity contribution >= 4 is 74.6 Å². The third kappa shape index (κ3) is 11.2. The zero-order chi connectivity index (χ0) is 73.3. The first-order chi connectivity index (χ1) is 50.5. The predicted octanol–water partition coefficient (Wildman–Crippen LogP) is 4.35. The van der Waals surface area contributed by atoms with E-state index in [1.165, 1.54) is 12.2 Å². The van der Waals surface area contributed by atoms with Crippen molar-refractivity contribution in [3.05, 3.63) is 184 Å². The number of aromatic nitrogens is 6. The molecule has 5 N–H and O–H groups in total. The second kappa shape index (κ2) is 25.5. The number of nitrogens with one attached hydrogen (secondary N) is 1. The Bertz CT molecular complexity index is 5560. The number of esters is 3. The molecular weight excluding hydrogens is 1360 g/mol. The Hall–Kier alpha value is -11.8. The number of aliphatic hydroxyl groups is 3. The second-order valence-electron chi connectivity index (χ2n) is 27.0. The van der Waals surface area contributed by atoms with E-state index < -0.39 is 40.8 Å². The van der Waals surface area contributed by atoms with Crippen molar-refractivity contribution in [3.8, 4) is 51.4 Å². The summed E-state index contributed by atoms with van der Waals surface area (Å²) >= 11 is 0. The molecule has 0 aliphatic carbocycles. The van der Waals surface area contributed by atoms with Crippen molar-refractivity contribution < 1.29 is 77.7 Å². The Morgan fingerprint density at radius 3 is 1.22 bits per heavy atom. The van der Waals surface area contributed by atoms with Crippen molar-refractivity contribution in [1.82, 2.24) is 53.6 Å². The lowest BCUT2D eigenvalue weighted by Crippen LogP contribution is -2.53. The molecule has 0 spiro atoms. The number of rotatable bonds is 7. The van der Waals surface area contributed by atoms with Gasteiger partial charge in [-0.25, -0.2) is 38.9 Å². The summed E-state index contributed by atoms with van der Waals surface area (Å²) in [5, 5.41) is 48.0. The first kappa shape index (κ1) is 67.6. The number of phenols is 1. The molecule has 9 aromatic rings. The van der Waals surface area contributed by atoms with E-state index in [4.69, 9.17) is 33.7 Å². The average Bonchev–Trinajstić information content (AvgIpc) is 1.65. The highest BCUT2D eigenvalue weighted by Gasteiger charge is 2.49. The Morgan fingerprint density at radius 1 is 0.476 bits per heavy atom. The van der Waals surface area contributed by atoms with Crippen molar-refractivity contribution in [2.45, 2.75) is 96.3 Å². The molecule has 15 heterocycles. The largest absolute Gasteiger partial charge is 0.508 e. The molecule has 3 aromatic carbocycles. The van der Waals surface area contributed by atoms with Gasteiger partial charge in [0.15, 0.2) is 16.8 Å². The molecule has 9 aliphatic heterocycles. The normalized spacial score (nSPS) is 20.8. The van der Waals surface area contributed by atoms with Crippen LogP contribution in [0.2, 0.25) is 0 Å². The number of pyridine rings is 6. The van der Waals surface area contributed by atoms with Crippen molar-refractivity contribution in [2.75, 3.05) is 59.0 Å². The van der Waals surface area contributed by atoms with Crippen LogP contribution in [0.1, 0.15) is 90.1 Å². The van der Waals surface area contributed by atoms with Crippen LogP contribution in [0.5, 0.6) is 17.2 Å². The number of fused-ring (bicyclic) bond motifs is 15. The number of ether oxygens (including phenoxy) is 5. The summed E-state index contributed by atoms with van der Waals surface area (Å²) in [6.45, 7) is 10.0. The Labute approximate surface area is 594 Å². The van der Waals surface area contributed by atoms with Gasteiger partial charge in [-0.1, -0.05) is 20.8 Å². The van der Waals surface area contributed by atoms with E-state index in [0.29, 0.717) is 126 Å². The highest BCUT2D eigenvalue weighted by Crippen LogP contribution is 2.43. The number of nitrogens with zero attached hydrogens (tertiary/aromatic N) is 10. The van der Waals surface area contributed by atoms with Crippen LogP contribution in [-0.4, -0.2) is 170 Å². The van der Waals surface area contributed by atoms with Crippen LogP contribution in [0.25, 0.3) is 66.9 Å². The molecule has 0 bridgehead atoms. The van der Waals surface area contributed by atoms with Gasteiger partial charge >= 0.3 is 30.1 Å². The van der Waals surface area contributed by atoms with Gasteiger partial charge in [0.05, 0.1) is 93.7 Å². The molecule has 30 nitrogen and oxygen atoms in total. The summed E-state index contributed by atoms with van der Waals surface area (Å²) < 4.78 is 31.3. The fourth-order valence-electron chi connectivity index (χ4n) is 15.0. The minimum atomic E-state index is -1.89. The average molecular weight is 1430 g/mol. The molecular formula is C75H67N11O19. The predicted molar refractivity (Wildman–Crippen MR) is 371 cm³/mol. The third-order valence-electron chi connectivity index (χ3n) is 21.1. The lowest BCUT2D eigenvalue weighted by molar-refractivity contribution is -0.172. The number of cyclic esters (lactones) is 3. The maximum atomic E-state index is 13.4. The number of imide groups is 1. The molecule has 0 saturated carbocycles. The fraction of sp³-hybridized carbons (Fsp3) is 0.320. The summed E-state index contributed by atoms with van der Waals surface area (Å²) in [6, 6.07) is 26.0. The monoisotopic (exact) mass is 1430 g/mol. The molecule has 0 radical (unpaired) electrons. The van der Waals surface area contributed by atoms with Crippen LogP contribution in [-0.2, 0) is 94.4 Å². The smallest absolute Gasteiger partial charge is 0.415 e. The molecule has 2 fully saturated rings. The molecule has 3 atom stereocenters. The van der Waals surface area contributed by atoms with E-state index in [-0.39, 0.29) is 115 Å². The molecule has 3 unspecified atom stereocenters. The summed E-state index contributed by atoms with van der Waals surface area (Å²) in [7, 11) is 0. The van der Waals surface area contributed by atoms with E-state index in [9.17, 15) is 68.4 Å². The fourth-order valence-corrected chi connectivity index (χ4v) is 15.0. The van der Waals surface area contributed by atoms with Crippen LogP contribution in [0, 0.1) is 0 Å². The van der Waals surface area contributed by atoms with Gasteiger partial charge in [-0.3, -0.25) is 33.8 Å². The third-order valence-corrected chi connectivity index (χ3v) is 21.1. The van der Waals surface area contributed by atoms with E-state index >= 15 is 0 Å². The minimum absolute atomic E-state index is 0.0647. The molecule has 18 rings (SSSR count). The second-order valence-corrected chi connectivity index (χ2v) is 27.0. The van der Waals surface area contributed by atoms with E-state index in [1.807, 2.05) is 23.1 Å². The maximum absolute atomic E-state index is 13.4. The number of aromatic hydroxyl groups is 1. The van der Waals surface area contributed by atoms with Gasteiger partial charge in [0.1, 0.15) is 37.1 Å². The van der Waals surface area contributed by atoms with Gasteiger partial charge in [0, 0.05) is 114 Å². The molecule has 536 valence electrons. The highest BCUT2D eigenvalue weighted by molar-refractivity contribution is 6.12. The number of phenolic OH excluding ortho intramolecular Hbond substituents is 1. The zero-order valence-electron chi connectivity index (χ0n) is 56.9. The van der Waals surface area contributed by atoms with E-state index in [0.717, 1.165) is 50.8 Å². The maximum Gasteiger partial charge on any atom is 0.415 e. The van der Waals surface area contributed by atoms with Crippen LogP contribution in [0.3, 0.4) is 0 Å². The van der Waals surface area contributed by atoms with Crippen LogP contribution < -0.4 is 31.5 Å². The Balaban J connectivity index is 0.000000124. The molecule has 4 amide bonds. The summed E-state index contributed by atoms with van der Waals surface area (Å²) in [5.41, 5.74) is 3.16. The molecule has 9 aliphatic rings. The Morgan fingerprint density at radius 2 is 0.838 bits per heavy atom. The Kier molecular flexibility index (Phi) is 16.5. The molecule has 2 saturated heterocycles. The first-order valence-electron chi connectivity index (χ1n) is 34.4. The zero-order valence-corrected chi connectivity index (χ0v) is 56.9. The summed E-state index contributed by atoms with van der Waals surface area (Å²) in [5.74, 6) is -2.01. The van der Waals surface area contributed by atoms with Crippen molar-refractivity contribution in [2.24, 2.45) is 0 Å². The number of piperazine rings is 2. The number of carbonyl (C=O) groups excluding carboxylic acids is 7. The van der Waals surface area contributed by atoms with Crippen LogP contribution >= 0.6 is 0 Å². The van der Waals surface area contributed by atoms with Gasteiger partial charge in [0.2, 0.25) is 0 Å². The summed E-state index contributed by atoms with van der Waals surface area (Å²) in [6.07, 6.45) is 1.88. The standard InChI is InChI=1S/C30H27N5O8.C25H24N4O6.C20H16N2O5/c1-2-30(41)21-13-23-26-18(14-34(23)27(38)20(21)15-42-28(30)39)11-17-12-19(3-4-22(17)31-26)43-29(40)33-9-7-32(8-10-33)16-35-24(36)5-6-25(35)37;1-2-25(33)18-11-20-21-15(12-29(20)22(30)17(18)13-34-23(25)31)9-14-10-16(3-4-19(14)27-21)35-24(32)28-7-5-26-6-8-28;1-2-20(26)14-7-16-17-11(5-10-6-12(23)3-4-15(10)21-17)8-22(16)18(24)13(14)9-27-19(20)25/h3-6,11-13,41H,2,7-10,14-16H2,1H3;3-4,9-11,26,33H,2,5-8,12-13H2,1H3;3-7,23,26H,2,8-9H2,1H3. The lowest BCUT2D eigenvalue weighted by atomic mass is 9.86. The number of hydrogen-bond donors (Lipinski definition) is 5. The highest BCUT2D eigenvalue weighted by atomic mass is 16.6. The van der Waals surface area contributed by atoms with Crippen LogP contribution in [0.4, 0.5) is 9.59 Å². The number of carbonyl (C=O) groups is 7. The van der Waals surface area contributed by atoms with Gasteiger partial charge in [-0.2, -0.15) is 0 Å². The van der Waals surface area contributed by atoms with Gasteiger partial charge in [-0.05, 0) is 110 Å². The van der Waals surface area contributed by atoms with Gasteiger partial charge in [-0.15, -0.1) is 0 Å². The lowest BCUT2D eigenvalue weighted by Gasteiger charge is -2.35. The van der Waals surface area contributed by atoms with Gasteiger partial charge < -0.3 is 72.9 Å². The molecule has 30 heteroatoms. The van der Waals surface area contributed by atoms with Gasteiger partial charge in [0.25, 0.3) is 28.5 Å². The van der Waals surface area contributed by atoms with E-state index in [1.54, 1.807) is 117 Å². The first-order valence-corrected chi connectivity index (χ1v) is 34.4. The summed E-state index contributed by atoms with van der Waals surface area (Å²) in [4.78, 5) is 146. The van der Waals surface area contributed by atoms with Crippen molar-refractivity contribution in [3.63, 3.8) is 0 Å². The van der Waals surface area contributed by atoms with Crippen LogP contribution in [0.15, 0.2) is 118 Å². The topological polar surface area (TPSA) is 376 Å². The number of hydrogen-bond acceptors (Lipinski definition) is 24. The molecule has 105 heavy (non-hydrogen) atoms. The quantitative estimate of drug-likeness (QED) is 0.0841. The minimum Gasteiger partial charge on any atom is -0.508 e. The SMILES string of the molecule is CCC1(O)C(=O)OCc2c1cc1n(c2=O)Cc2cc3cc(O)ccc3nc2-1.CCC1(O)C(=O)OCc2c1cc1n(c2=O)Cc2cc3cc(OC(=O)N4CCN(CN5C(=O)C=CC5=O)CC4)ccc3nc2-1.CCC1(O)C(=O)OCc2c1cc1n(c2=O)Cc2cc3cc(OC(=O)N4CCNCC4)ccc3nc2-1. The number of amides is 4. The molecule has 6 aromatic heterocycles.